The molecule has 0 N–H and O–H groups in total. The number of sulfonamides is 1. The van der Waals surface area contributed by atoms with Crippen LogP contribution in [0.2, 0.25) is 0 Å². The third-order valence-corrected chi connectivity index (χ3v) is 6.13. The van der Waals surface area contributed by atoms with Crippen LogP contribution in [0.15, 0.2) is 45.7 Å². The third kappa shape index (κ3) is 4.25. The van der Waals surface area contributed by atoms with Gasteiger partial charge in [0.1, 0.15) is 28.1 Å². The van der Waals surface area contributed by atoms with Crippen LogP contribution in [0.5, 0.6) is 0 Å². The Labute approximate surface area is 155 Å². The number of nitrogens with zero attached hydrogens (tertiary/aromatic N) is 2. The molecule has 0 radical (unpaired) electrons. The summed E-state index contributed by atoms with van der Waals surface area (Å²) in [7, 11) is -4.17. The van der Waals surface area contributed by atoms with Gasteiger partial charge in [-0.3, -0.25) is 4.79 Å². The zero-order chi connectivity index (χ0) is 19.6. The van der Waals surface area contributed by atoms with Crippen molar-refractivity contribution in [3.05, 3.63) is 59.6 Å². The zero-order valence-electron chi connectivity index (χ0n) is 14.6. The van der Waals surface area contributed by atoms with E-state index < -0.39 is 26.6 Å². The Morgan fingerprint density at radius 2 is 1.81 bits per heavy atom. The van der Waals surface area contributed by atoms with E-state index >= 15 is 0 Å². The summed E-state index contributed by atoms with van der Waals surface area (Å²) in [6.45, 7) is 2.09. The molecule has 0 unspecified atom stereocenters. The summed E-state index contributed by atoms with van der Waals surface area (Å²) in [4.78, 5) is 13.0. The Hall–Kier alpha value is -2.52. The van der Waals surface area contributed by atoms with Crippen LogP contribution in [0.1, 0.15) is 11.5 Å². The fourth-order valence-electron chi connectivity index (χ4n) is 2.76. The van der Waals surface area contributed by atoms with Crippen LogP contribution in [0.25, 0.3) is 6.08 Å². The maximum absolute atomic E-state index is 13.8. The molecule has 144 valence electrons. The number of benzene rings is 1. The molecule has 1 fully saturated rings. The van der Waals surface area contributed by atoms with Crippen LogP contribution in [-0.2, 0) is 14.8 Å². The minimum Gasteiger partial charge on any atom is -0.462 e. The van der Waals surface area contributed by atoms with Crippen molar-refractivity contribution in [2.45, 2.75) is 11.8 Å². The second-order valence-corrected chi connectivity index (χ2v) is 7.99. The van der Waals surface area contributed by atoms with Crippen molar-refractivity contribution < 1.29 is 26.4 Å². The minimum absolute atomic E-state index is 0.00226. The van der Waals surface area contributed by atoms with Gasteiger partial charge in [-0.1, -0.05) is 0 Å². The lowest BCUT2D eigenvalue weighted by Gasteiger charge is -2.33. The zero-order valence-corrected chi connectivity index (χ0v) is 15.4. The van der Waals surface area contributed by atoms with Gasteiger partial charge in [0.2, 0.25) is 15.9 Å². The van der Waals surface area contributed by atoms with Crippen molar-refractivity contribution >= 4 is 22.0 Å². The van der Waals surface area contributed by atoms with Gasteiger partial charge in [0.15, 0.2) is 0 Å². The molecule has 1 aliphatic heterocycles. The summed E-state index contributed by atoms with van der Waals surface area (Å²) >= 11 is 0. The number of halogens is 2. The minimum atomic E-state index is -4.17. The van der Waals surface area contributed by atoms with Gasteiger partial charge in [-0.05, 0) is 43.3 Å². The van der Waals surface area contributed by atoms with Gasteiger partial charge in [0.25, 0.3) is 0 Å². The molecule has 2 heterocycles. The van der Waals surface area contributed by atoms with Crippen molar-refractivity contribution in [1.82, 2.24) is 9.21 Å². The summed E-state index contributed by atoms with van der Waals surface area (Å²) in [6.07, 6.45) is 2.90. The van der Waals surface area contributed by atoms with E-state index in [0.29, 0.717) is 11.8 Å². The van der Waals surface area contributed by atoms with Crippen molar-refractivity contribution in [2.75, 3.05) is 26.2 Å². The average Bonchev–Trinajstić information content (AvgIpc) is 3.07. The molecule has 1 aromatic heterocycles. The van der Waals surface area contributed by atoms with Crippen LogP contribution < -0.4 is 0 Å². The first-order valence-corrected chi connectivity index (χ1v) is 9.70. The van der Waals surface area contributed by atoms with E-state index in [2.05, 4.69) is 0 Å². The van der Waals surface area contributed by atoms with Crippen LogP contribution in [0.3, 0.4) is 0 Å². The van der Waals surface area contributed by atoms with E-state index in [0.717, 1.165) is 22.2 Å². The molecule has 3 rings (SSSR count). The third-order valence-electron chi connectivity index (χ3n) is 4.21. The van der Waals surface area contributed by atoms with E-state index in [9.17, 15) is 22.0 Å². The molecule has 1 aliphatic rings. The molecule has 9 heteroatoms. The number of rotatable bonds is 4. The lowest BCUT2D eigenvalue weighted by Crippen LogP contribution is -2.50. The first-order valence-electron chi connectivity index (χ1n) is 8.26. The summed E-state index contributed by atoms with van der Waals surface area (Å²) < 4.78 is 58.6. The maximum atomic E-state index is 13.8. The average molecular weight is 396 g/mol. The largest absolute Gasteiger partial charge is 0.462 e. The maximum Gasteiger partial charge on any atom is 0.246 e. The van der Waals surface area contributed by atoms with Crippen molar-refractivity contribution in [3.8, 4) is 0 Å². The van der Waals surface area contributed by atoms with E-state index in [1.165, 1.54) is 11.0 Å². The van der Waals surface area contributed by atoms with Gasteiger partial charge >= 0.3 is 0 Å². The number of furan rings is 1. The second-order valence-electron chi connectivity index (χ2n) is 6.09. The molecular formula is C18H18F2N2O4S. The highest BCUT2D eigenvalue weighted by molar-refractivity contribution is 7.89. The van der Waals surface area contributed by atoms with Crippen molar-refractivity contribution in [1.29, 1.82) is 0 Å². The molecule has 1 aromatic carbocycles. The number of hydrogen-bond acceptors (Lipinski definition) is 4. The van der Waals surface area contributed by atoms with Crippen LogP contribution in [0.4, 0.5) is 8.78 Å². The smallest absolute Gasteiger partial charge is 0.246 e. The number of carbonyl (C=O) groups is 1. The molecule has 0 atom stereocenters. The van der Waals surface area contributed by atoms with E-state index in [1.807, 2.05) is 0 Å². The summed E-state index contributed by atoms with van der Waals surface area (Å²) in [5.41, 5.74) is 0. The summed E-state index contributed by atoms with van der Waals surface area (Å²) in [5, 5.41) is 0. The lowest BCUT2D eigenvalue weighted by molar-refractivity contribution is -0.127. The number of hydrogen-bond donors (Lipinski definition) is 0. The summed E-state index contributed by atoms with van der Waals surface area (Å²) in [5.74, 6) is -0.846. The lowest BCUT2D eigenvalue weighted by atomic mass is 10.3. The van der Waals surface area contributed by atoms with E-state index in [-0.39, 0.29) is 32.1 Å². The molecular weight excluding hydrogens is 378 g/mol. The first kappa shape index (κ1) is 19.2. The monoisotopic (exact) mass is 396 g/mol. The van der Waals surface area contributed by atoms with Crippen LogP contribution in [0, 0.1) is 18.6 Å². The molecule has 0 saturated carbocycles. The van der Waals surface area contributed by atoms with Crippen molar-refractivity contribution in [3.63, 3.8) is 0 Å². The van der Waals surface area contributed by atoms with Crippen LogP contribution in [-0.4, -0.2) is 49.7 Å². The van der Waals surface area contributed by atoms with Gasteiger partial charge in [0.05, 0.1) is 0 Å². The van der Waals surface area contributed by atoms with E-state index in [4.69, 9.17) is 4.42 Å². The standard InChI is InChI=1S/C18H18F2N2O4S/c1-13-2-4-15(26-13)5-7-18(23)21-8-10-22(11-9-21)27(24,25)17-12-14(19)3-6-16(17)20/h2-7,12H,8-11H2,1H3/b7-5+. The molecule has 1 saturated heterocycles. The fraction of sp³-hybridized carbons (Fsp3) is 0.278. The topological polar surface area (TPSA) is 70.8 Å². The summed E-state index contributed by atoms with van der Waals surface area (Å²) in [6, 6.07) is 5.81. The molecule has 6 nitrogen and oxygen atoms in total. The Kier molecular flexibility index (Phi) is 5.43. The van der Waals surface area contributed by atoms with Crippen molar-refractivity contribution in [2.24, 2.45) is 0 Å². The highest BCUT2D eigenvalue weighted by Gasteiger charge is 2.31. The van der Waals surface area contributed by atoms with Gasteiger partial charge in [0, 0.05) is 32.3 Å². The first-order chi connectivity index (χ1) is 12.8. The molecule has 2 aromatic rings. The Morgan fingerprint density at radius 1 is 1.11 bits per heavy atom. The highest BCUT2D eigenvalue weighted by atomic mass is 32.2. The Morgan fingerprint density at radius 3 is 2.44 bits per heavy atom. The predicted octanol–water partition coefficient (Wildman–Crippen LogP) is 2.41. The molecule has 27 heavy (non-hydrogen) atoms. The van der Waals surface area contributed by atoms with Gasteiger partial charge in [-0.15, -0.1) is 0 Å². The molecule has 0 bridgehead atoms. The van der Waals surface area contributed by atoms with Gasteiger partial charge in [-0.2, -0.15) is 4.31 Å². The molecule has 0 spiro atoms. The van der Waals surface area contributed by atoms with Crippen LogP contribution >= 0.6 is 0 Å². The number of aryl methyl sites for hydroxylation is 1. The molecule has 0 aliphatic carbocycles. The highest BCUT2D eigenvalue weighted by Crippen LogP contribution is 2.22. The Bertz CT molecular complexity index is 977. The number of piperazine rings is 1. The Balaban J connectivity index is 1.65. The SMILES string of the molecule is Cc1ccc(/C=C/C(=O)N2CCN(S(=O)(=O)c3cc(F)ccc3F)CC2)o1. The fourth-order valence-corrected chi connectivity index (χ4v) is 4.26. The number of carbonyl (C=O) groups excluding carboxylic acids is 1. The second kappa shape index (κ2) is 7.61. The van der Waals surface area contributed by atoms with Gasteiger partial charge < -0.3 is 9.32 Å². The predicted molar refractivity (Wildman–Crippen MR) is 94.2 cm³/mol. The number of amides is 1. The normalized spacial score (nSPS) is 16.2. The van der Waals surface area contributed by atoms with Gasteiger partial charge in [-0.25, -0.2) is 17.2 Å². The molecule has 1 amide bonds. The quantitative estimate of drug-likeness (QED) is 0.745. The van der Waals surface area contributed by atoms with E-state index in [1.54, 1.807) is 25.1 Å².